The first-order valence-corrected chi connectivity index (χ1v) is 6.96. The van der Waals surface area contributed by atoms with Crippen molar-refractivity contribution in [1.82, 2.24) is 0 Å². The molecule has 2 aromatic carbocycles. The van der Waals surface area contributed by atoms with Crippen LogP contribution in [0.2, 0.25) is 0 Å². The summed E-state index contributed by atoms with van der Waals surface area (Å²) in [5.41, 5.74) is 7.80. The molecule has 0 unspecified atom stereocenters. The van der Waals surface area contributed by atoms with Gasteiger partial charge in [-0.2, -0.15) is 0 Å². The van der Waals surface area contributed by atoms with Crippen LogP contribution in [0.3, 0.4) is 0 Å². The van der Waals surface area contributed by atoms with Crippen molar-refractivity contribution in [2.75, 3.05) is 18.0 Å². The van der Waals surface area contributed by atoms with Crippen LogP contribution >= 0.6 is 0 Å². The summed E-state index contributed by atoms with van der Waals surface area (Å²) in [4.78, 5) is 14.4. The first-order chi connectivity index (χ1) is 10.1. The highest BCUT2D eigenvalue weighted by molar-refractivity contribution is 6.07. The lowest BCUT2D eigenvalue weighted by molar-refractivity contribution is 0.0986. The minimum Gasteiger partial charge on any atom is -0.330 e. The number of carbonyl (C=O) groups is 1. The maximum absolute atomic E-state index is 13.1. The van der Waals surface area contributed by atoms with Gasteiger partial charge in [0.05, 0.1) is 0 Å². The number of nitrogens with zero attached hydrogens (tertiary/aromatic N) is 1. The molecule has 0 atom stereocenters. The number of hydrogen-bond acceptors (Lipinski definition) is 2. The maximum Gasteiger partial charge on any atom is 0.258 e. The SMILES string of the molecule is Cc1ccccc1C(=O)N(CCCN)c1ccc(F)cc1. The number of hydrogen-bond donors (Lipinski definition) is 1. The van der Waals surface area contributed by atoms with Gasteiger partial charge >= 0.3 is 0 Å². The molecule has 4 heteroatoms. The highest BCUT2D eigenvalue weighted by atomic mass is 19.1. The van der Waals surface area contributed by atoms with E-state index in [1.807, 2.05) is 25.1 Å². The second-order valence-electron chi connectivity index (χ2n) is 4.89. The number of anilines is 1. The van der Waals surface area contributed by atoms with Crippen LogP contribution in [-0.4, -0.2) is 19.0 Å². The van der Waals surface area contributed by atoms with Crippen LogP contribution in [0.4, 0.5) is 10.1 Å². The topological polar surface area (TPSA) is 46.3 Å². The quantitative estimate of drug-likeness (QED) is 0.918. The van der Waals surface area contributed by atoms with E-state index in [0.717, 1.165) is 5.56 Å². The molecular formula is C17H19FN2O. The molecule has 2 rings (SSSR count). The average Bonchev–Trinajstić information content (AvgIpc) is 2.49. The zero-order valence-corrected chi connectivity index (χ0v) is 12.1. The van der Waals surface area contributed by atoms with Crippen molar-refractivity contribution >= 4 is 11.6 Å². The van der Waals surface area contributed by atoms with E-state index < -0.39 is 0 Å². The lowest BCUT2D eigenvalue weighted by Crippen LogP contribution is -2.33. The van der Waals surface area contributed by atoms with Gasteiger partial charge < -0.3 is 10.6 Å². The second-order valence-corrected chi connectivity index (χ2v) is 4.89. The maximum atomic E-state index is 13.1. The fraction of sp³-hybridized carbons (Fsp3) is 0.235. The summed E-state index contributed by atoms with van der Waals surface area (Å²) in [5.74, 6) is -0.408. The molecule has 1 amide bonds. The van der Waals surface area contributed by atoms with E-state index in [1.165, 1.54) is 12.1 Å². The van der Waals surface area contributed by atoms with Gasteiger partial charge in [-0.15, -0.1) is 0 Å². The van der Waals surface area contributed by atoms with E-state index in [9.17, 15) is 9.18 Å². The zero-order chi connectivity index (χ0) is 15.2. The summed E-state index contributed by atoms with van der Waals surface area (Å²) in [6.07, 6.45) is 0.689. The highest BCUT2D eigenvalue weighted by Gasteiger charge is 2.18. The van der Waals surface area contributed by atoms with E-state index in [1.54, 1.807) is 23.1 Å². The first kappa shape index (κ1) is 15.2. The molecule has 0 bridgehead atoms. The van der Waals surface area contributed by atoms with Crippen molar-refractivity contribution in [2.45, 2.75) is 13.3 Å². The molecule has 0 fully saturated rings. The number of aryl methyl sites for hydroxylation is 1. The summed E-state index contributed by atoms with van der Waals surface area (Å²) >= 11 is 0. The zero-order valence-electron chi connectivity index (χ0n) is 12.1. The molecule has 0 saturated carbocycles. The number of nitrogens with two attached hydrogens (primary N) is 1. The van der Waals surface area contributed by atoms with Crippen molar-refractivity contribution in [3.63, 3.8) is 0 Å². The predicted octanol–water partition coefficient (Wildman–Crippen LogP) is 3.13. The Hall–Kier alpha value is -2.20. The molecule has 0 spiro atoms. The van der Waals surface area contributed by atoms with Gasteiger partial charge in [0.15, 0.2) is 0 Å². The Bertz CT molecular complexity index is 610. The fourth-order valence-corrected chi connectivity index (χ4v) is 2.18. The van der Waals surface area contributed by atoms with Crippen molar-refractivity contribution < 1.29 is 9.18 Å². The molecule has 3 nitrogen and oxygen atoms in total. The minimum atomic E-state index is -0.319. The molecule has 0 saturated heterocycles. The Kier molecular flexibility index (Phi) is 5.06. The average molecular weight is 286 g/mol. The van der Waals surface area contributed by atoms with Crippen LogP contribution < -0.4 is 10.6 Å². The summed E-state index contributed by atoms with van der Waals surface area (Å²) in [6.45, 7) is 2.91. The van der Waals surface area contributed by atoms with E-state index in [0.29, 0.717) is 30.8 Å². The Balaban J connectivity index is 2.33. The first-order valence-electron chi connectivity index (χ1n) is 6.96. The molecule has 0 heterocycles. The van der Waals surface area contributed by atoms with Crippen molar-refractivity contribution in [1.29, 1.82) is 0 Å². The number of amides is 1. The molecular weight excluding hydrogens is 267 g/mol. The van der Waals surface area contributed by atoms with E-state index >= 15 is 0 Å². The van der Waals surface area contributed by atoms with Crippen LogP contribution in [0, 0.1) is 12.7 Å². The van der Waals surface area contributed by atoms with Crippen LogP contribution in [0.25, 0.3) is 0 Å². The molecule has 0 aromatic heterocycles. The number of halogens is 1. The molecule has 0 radical (unpaired) electrons. The largest absolute Gasteiger partial charge is 0.330 e. The predicted molar refractivity (Wildman–Crippen MR) is 82.9 cm³/mol. The number of carbonyl (C=O) groups excluding carboxylic acids is 1. The molecule has 0 aliphatic rings. The second kappa shape index (κ2) is 6.99. The van der Waals surface area contributed by atoms with Gasteiger partial charge in [0.2, 0.25) is 0 Å². The number of rotatable bonds is 5. The third kappa shape index (κ3) is 3.67. The lowest BCUT2D eigenvalue weighted by Gasteiger charge is -2.23. The molecule has 110 valence electrons. The van der Waals surface area contributed by atoms with E-state index in [4.69, 9.17) is 5.73 Å². The normalized spacial score (nSPS) is 10.4. The third-order valence-corrected chi connectivity index (χ3v) is 3.34. The lowest BCUT2D eigenvalue weighted by atomic mass is 10.1. The molecule has 21 heavy (non-hydrogen) atoms. The standard InChI is InChI=1S/C17H19FN2O/c1-13-5-2-3-6-16(13)17(21)20(12-4-11-19)15-9-7-14(18)8-10-15/h2-3,5-10H,4,11-12,19H2,1H3. The smallest absolute Gasteiger partial charge is 0.258 e. The van der Waals surface area contributed by atoms with Gasteiger partial charge in [0.25, 0.3) is 5.91 Å². The fourth-order valence-electron chi connectivity index (χ4n) is 2.18. The van der Waals surface area contributed by atoms with Gasteiger partial charge in [0, 0.05) is 17.8 Å². The van der Waals surface area contributed by atoms with Crippen molar-refractivity contribution in [3.05, 3.63) is 65.5 Å². The Labute approximate surface area is 124 Å². The van der Waals surface area contributed by atoms with Crippen LogP contribution in [0.1, 0.15) is 22.3 Å². The monoisotopic (exact) mass is 286 g/mol. The Morgan fingerprint density at radius 3 is 2.43 bits per heavy atom. The summed E-state index contributed by atoms with van der Waals surface area (Å²) in [6, 6.07) is 13.4. The third-order valence-electron chi connectivity index (χ3n) is 3.34. The molecule has 0 aliphatic carbocycles. The summed E-state index contributed by atoms with van der Waals surface area (Å²) < 4.78 is 13.1. The van der Waals surface area contributed by atoms with Gasteiger partial charge in [-0.25, -0.2) is 4.39 Å². The summed E-state index contributed by atoms with van der Waals surface area (Å²) in [5, 5.41) is 0. The molecule has 0 aliphatic heterocycles. The van der Waals surface area contributed by atoms with Crippen LogP contribution in [0.5, 0.6) is 0 Å². The van der Waals surface area contributed by atoms with Crippen molar-refractivity contribution in [3.8, 4) is 0 Å². The minimum absolute atomic E-state index is 0.0897. The van der Waals surface area contributed by atoms with Gasteiger partial charge in [-0.3, -0.25) is 4.79 Å². The Morgan fingerprint density at radius 2 is 1.81 bits per heavy atom. The van der Waals surface area contributed by atoms with Crippen LogP contribution in [-0.2, 0) is 0 Å². The molecule has 2 N–H and O–H groups in total. The summed E-state index contributed by atoms with van der Waals surface area (Å²) in [7, 11) is 0. The van der Waals surface area contributed by atoms with Gasteiger partial charge in [0.1, 0.15) is 5.82 Å². The van der Waals surface area contributed by atoms with Crippen LogP contribution in [0.15, 0.2) is 48.5 Å². The molecule has 2 aromatic rings. The van der Waals surface area contributed by atoms with Crippen molar-refractivity contribution in [2.24, 2.45) is 5.73 Å². The van der Waals surface area contributed by atoms with Gasteiger partial charge in [-0.05, 0) is 55.8 Å². The van der Waals surface area contributed by atoms with Gasteiger partial charge in [-0.1, -0.05) is 18.2 Å². The number of benzene rings is 2. The van der Waals surface area contributed by atoms with E-state index in [2.05, 4.69) is 0 Å². The highest BCUT2D eigenvalue weighted by Crippen LogP contribution is 2.19. The Morgan fingerprint density at radius 1 is 1.14 bits per heavy atom. The van der Waals surface area contributed by atoms with E-state index in [-0.39, 0.29) is 11.7 Å².